The molecule has 0 spiro atoms. The highest BCUT2D eigenvalue weighted by atomic mass is 16.6. The molecule has 0 radical (unpaired) electrons. The number of nitrogens with zero attached hydrogens (tertiary/aromatic N) is 2. The number of benzene rings is 2. The van der Waals surface area contributed by atoms with Gasteiger partial charge in [-0.25, -0.2) is 0 Å². The van der Waals surface area contributed by atoms with Crippen LogP contribution in [-0.4, -0.2) is 28.8 Å². The average Bonchev–Trinajstić information content (AvgIpc) is 2.69. The maximum atomic E-state index is 12.5. The lowest BCUT2D eigenvalue weighted by atomic mass is 9.98. The SMILES string of the molecule is CC1CCN(Cc2ccccc2CNC(=O)c2ccc(N)c([N+](=O)[O-])c2)CC1. The van der Waals surface area contributed by atoms with Gasteiger partial charge in [0.15, 0.2) is 0 Å². The molecule has 28 heavy (non-hydrogen) atoms. The number of carbonyl (C=O) groups is 1. The lowest BCUT2D eigenvalue weighted by Gasteiger charge is -2.30. The highest BCUT2D eigenvalue weighted by Crippen LogP contribution is 2.23. The number of hydrogen-bond acceptors (Lipinski definition) is 5. The van der Waals surface area contributed by atoms with Gasteiger partial charge in [-0.2, -0.15) is 0 Å². The van der Waals surface area contributed by atoms with Crippen molar-refractivity contribution in [1.82, 2.24) is 10.2 Å². The van der Waals surface area contributed by atoms with Gasteiger partial charge in [0.2, 0.25) is 0 Å². The zero-order valence-electron chi connectivity index (χ0n) is 16.1. The highest BCUT2D eigenvalue weighted by Gasteiger charge is 2.18. The first-order valence-corrected chi connectivity index (χ1v) is 9.55. The number of rotatable bonds is 6. The Morgan fingerprint density at radius 1 is 1.21 bits per heavy atom. The molecule has 0 atom stereocenters. The maximum absolute atomic E-state index is 12.5. The molecule has 3 rings (SSSR count). The lowest BCUT2D eigenvalue weighted by molar-refractivity contribution is -0.383. The van der Waals surface area contributed by atoms with Crippen molar-refractivity contribution in [3.63, 3.8) is 0 Å². The normalized spacial score (nSPS) is 15.3. The number of piperidine rings is 1. The van der Waals surface area contributed by atoms with Crippen LogP contribution in [0.1, 0.15) is 41.3 Å². The molecule has 1 fully saturated rings. The van der Waals surface area contributed by atoms with E-state index in [1.165, 1.54) is 36.6 Å². The van der Waals surface area contributed by atoms with Gasteiger partial charge in [-0.1, -0.05) is 31.2 Å². The van der Waals surface area contributed by atoms with E-state index in [2.05, 4.69) is 23.2 Å². The number of nitro groups is 1. The summed E-state index contributed by atoms with van der Waals surface area (Å²) < 4.78 is 0. The Kier molecular flexibility index (Phi) is 6.26. The molecule has 3 N–H and O–H groups in total. The van der Waals surface area contributed by atoms with Crippen molar-refractivity contribution in [3.05, 3.63) is 69.3 Å². The molecule has 1 aliphatic rings. The summed E-state index contributed by atoms with van der Waals surface area (Å²) in [5.74, 6) is 0.430. The maximum Gasteiger partial charge on any atom is 0.292 e. The predicted octanol–water partition coefficient (Wildman–Crippen LogP) is 3.34. The first-order valence-electron chi connectivity index (χ1n) is 9.55. The number of nitro benzene ring substituents is 1. The summed E-state index contributed by atoms with van der Waals surface area (Å²) in [7, 11) is 0. The Labute approximate surface area is 164 Å². The summed E-state index contributed by atoms with van der Waals surface area (Å²) in [6, 6.07) is 12.2. The molecule has 0 saturated carbocycles. The van der Waals surface area contributed by atoms with E-state index in [1.807, 2.05) is 18.2 Å². The molecule has 1 heterocycles. The zero-order valence-corrected chi connectivity index (χ0v) is 16.1. The smallest absolute Gasteiger partial charge is 0.292 e. The second kappa shape index (κ2) is 8.84. The third kappa shape index (κ3) is 4.86. The van der Waals surface area contributed by atoms with Gasteiger partial charge in [-0.05, 0) is 55.1 Å². The predicted molar refractivity (Wildman–Crippen MR) is 109 cm³/mol. The molecule has 7 heteroatoms. The van der Waals surface area contributed by atoms with Crippen LogP contribution in [0.4, 0.5) is 11.4 Å². The summed E-state index contributed by atoms with van der Waals surface area (Å²) in [5.41, 5.74) is 7.86. The Morgan fingerprint density at radius 3 is 2.57 bits per heavy atom. The van der Waals surface area contributed by atoms with Crippen molar-refractivity contribution >= 4 is 17.3 Å². The minimum Gasteiger partial charge on any atom is -0.393 e. The monoisotopic (exact) mass is 382 g/mol. The van der Waals surface area contributed by atoms with Gasteiger partial charge in [0.25, 0.3) is 11.6 Å². The molecule has 2 aromatic rings. The largest absolute Gasteiger partial charge is 0.393 e. The average molecular weight is 382 g/mol. The molecule has 1 amide bonds. The van der Waals surface area contributed by atoms with Crippen molar-refractivity contribution in [2.75, 3.05) is 18.8 Å². The van der Waals surface area contributed by atoms with Crippen LogP contribution in [-0.2, 0) is 13.1 Å². The van der Waals surface area contributed by atoms with Crippen LogP contribution < -0.4 is 11.1 Å². The number of carbonyl (C=O) groups excluding carboxylic acids is 1. The molecule has 0 aliphatic carbocycles. The van der Waals surface area contributed by atoms with Crippen LogP contribution in [0.15, 0.2) is 42.5 Å². The van der Waals surface area contributed by atoms with Crippen molar-refractivity contribution in [2.24, 2.45) is 5.92 Å². The zero-order chi connectivity index (χ0) is 20.1. The number of amides is 1. The third-order valence-corrected chi connectivity index (χ3v) is 5.32. The van der Waals surface area contributed by atoms with Gasteiger partial charge in [-0.3, -0.25) is 19.8 Å². The van der Waals surface area contributed by atoms with Crippen LogP contribution in [0.3, 0.4) is 0 Å². The van der Waals surface area contributed by atoms with Gasteiger partial charge in [0.1, 0.15) is 5.69 Å². The third-order valence-electron chi connectivity index (χ3n) is 5.32. The summed E-state index contributed by atoms with van der Waals surface area (Å²) >= 11 is 0. The van der Waals surface area contributed by atoms with Crippen LogP contribution in [0, 0.1) is 16.0 Å². The molecular formula is C21H26N4O3. The van der Waals surface area contributed by atoms with E-state index in [0.717, 1.165) is 31.1 Å². The van der Waals surface area contributed by atoms with Crippen molar-refractivity contribution in [2.45, 2.75) is 32.9 Å². The van der Waals surface area contributed by atoms with Crippen molar-refractivity contribution in [1.29, 1.82) is 0 Å². The van der Waals surface area contributed by atoms with Gasteiger partial charge in [0, 0.05) is 24.7 Å². The van der Waals surface area contributed by atoms with E-state index in [-0.39, 0.29) is 22.8 Å². The second-order valence-electron chi connectivity index (χ2n) is 7.44. The van der Waals surface area contributed by atoms with Crippen LogP contribution in [0.25, 0.3) is 0 Å². The van der Waals surface area contributed by atoms with Gasteiger partial charge in [0.05, 0.1) is 4.92 Å². The molecule has 0 aromatic heterocycles. The van der Waals surface area contributed by atoms with Gasteiger partial charge in [-0.15, -0.1) is 0 Å². The number of hydrogen-bond donors (Lipinski definition) is 2. The standard InChI is InChI=1S/C21H26N4O3/c1-15-8-10-24(11-9-15)14-18-5-3-2-4-17(18)13-23-21(26)16-6-7-19(22)20(12-16)25(27)28/h2-7,12,15H,8-11,13-14,22H2,1H3,(H,23,26). The molecular weight excluding hydrogens is 356 g/mol. The quantitative estimate of drug-likeness (QED) is 0.453. The van der Waals surface area contributed by atoms with Crippen molar-refractivity contribution < 1.29 is 9.72 Å². The number of nitrogen functional groups attached to an aromatic ring is 1. The van der Waals surface area contributed by atoms with Crippen LogP contribution in [0.5, 0.6) is 0 Å². The number of likely N-dealkylation sites (tertiary alicyclic amines) is 1. The van der Waals surface area contributed by atoms with E-state index in [0.29, 0.717) is 6.54 Å². The summed E-state index contributed by atoms with van der Waals surface area (Å²) in [6.45, 7) is 5.72. The fourth-order valence-electron chi connectivity index (χ4n) is 3.47. The molecule has 2 aromatic carbocycles. The van der Waals surface area contributed by atoms with Crippen LogP contribution >= 0.6 is 0 Å². The highest BCUT2D eigenvalue weighted by molar-refractivity contribution is 5.95. The molecule has 0 unspecified atom stereocenters. The Hall–Kier alpha value is -2.93. The molecule has 148 valence electrons. The summed E-state index contributed by atoms with van der Waals surface area (Å²) in [6.07, 6.45) is 2.43. The Bertz CT molecular complexity index is 860. The first kappa shape index (κ1) is 19.8. The topological polar surface area (TPSA) is 102 Å². The van der Waals surface area contributed by atoms with Crippen LogP contribution in [0.2, 0.25) is 0 Å². The van der Waals surface area contributed by atoms with E-state index in [4.69, 9.17) is 5.73 Å². The van der Waals surface area contributed by atoms with E-state index in [1.54, 1.807) is 0 Å². The summed E-state index contributed by atoms with van der Waals surface area (Å²) in [4.78, 5) is 25.3. The fraction of sp³-hybridized carbons (Fsp3) is 0.381. The first-order chi connectivity index (χ1) is 13.4. The van der Waals surface area contributed by atoms with Gasteiger partial charge < -0.3 is 11.1 Å². The Morgan fingerprint density at radius 2 is 1.89 bits per heavy atom. The number of nitrogens with two attached hydrogens (primary N) is 1. The minimum absolute atomic E-state index is 0.0442. The fourth-order valence-corrected chi connectivity index (χ4v) is 3.47. The molecule has 1 aliphatic heterocycles. The van der Waals surface area contributed by atoms with E-state index < -0.39 is 4.92 Å². The number of nitrogens with one attached hydrogen (secondary N) is 1. The number of anilines is 1. The Balaban J connectivity index is 1.65. The van der Waals surface area contributed by atoms with E-state index in [9.17, 15) is 14.9 Å². The molecule has 1 saturated heterocycles. The lowest BCUT2D eigenvalue weighted by Crippen LogP contribution is -2.33. The minimum atomic E-state index is -0.582. The molecule has 7 nitrogen and oxygen atoms in total. The summed E-state index contributed by atoms with van der Waals surface area (Å²) in [5, 5.41) is 13.9. The van der Waals surface area contributed by atoms with E-state index >= 15 is 0 Å². The second-order valence-corrected chi connectivity index (χ2v) is 7.44. The molecule has 0 bridgehead atoms. The van der Waals surface area contributed by atoms with Crippen molar-refractivity contribution in [3.8, 4) is 0 Å². The van der Waals surface area contributed by atoms with Gasteiger partial charge >= 0.3 is 0 Å².